The molecule has 0 aliphatic heterocycles. The van der Waals surface area contributed by atoms with Crippen LogP contribution in [-0.2, 0) is 16.6 Å². The van der Waals surface area contributed by atoms with Gasteiger partial charge in [-0.3, -0.25) is 9.36 Å². The number of furan rings is 1. The van der Waals surface area contributed by atoms with Crippen molar-refractivity contribution in [1.29, 1.82) is 0 Å². The first-order valence-corrected chi connectivity index (χ1v) is 11.4. The number of hydrogen-bond acceptors (Lipinski definition) is 6. The Morgan fingerprint density at radius 3 is 2.85 bits per heavy atom. The van der Waals surface area contributed by atoms with Crippen LogP contribution in [0.3, 0.4) is 0 Å². The van der Waals surface area contributed by atoms with Crippen molar-refractivity contribution in [2.45, 2.75) is 18.1 Å². The molecule has 3 aromatic rings. The van der Waals surface area contributed by atoms with Crippen molar-refractivity contribution < 1.29 is 12.8 Å². The number of rotatable bonds is 8. The SMILES string of the molecule is CS(=O)(=O)NCCCSc1nc2cc(Cl)ccc2c(=O)n1Cc1ccco1. The molecule has 7 nitrogen and oxygen atoms in total. The van der Waals surface area contributed by atoms with Crippen LogP contribution in [0.15, 0.2) is 51.0 Å². The third-order valence-corrected chi connectivity index (χ3v) is 5.72. The summed E-state index contributed by atoms with van der Waals surface area (Å²) in [5, 5.41) is 1.52. The molecule has 0 bridgehead atoms. The van der Waals surface area contributed by atoms with Crippen LogP contribution in [0, 0.1) is 0 Å². The number of sulfonamides is 1. The number of thioether (sulfide) groups is 1. The number of halogens is 1. The highest BCUT2D eigenvalue weighted by molar-refractivity contribution is 7.99. The van der Waals surface area contributed by atoms with Crippen molar-refractivity contribution >= 4 is 44.3 Å². The second-order valence-corrected chi connectivity index (χ2v) is 9.23. The van der Waals surface area contributed by atoms with E-state index >= 15 is 0 Å². The highest BCUT2D eigenvalue weighted by atomic mass is 35.5. The zero-order valence-corrected chi connectivity index (χ0v) is 16.9. The van der Waals surface area contributed by atoms with Crippen molar-refractivity contribution in [2.24, 2.45) is 0 Å². The van der Waals surface area contributed by atoms with Gasteiger partial charge in [-0.25, -0.2) is 18.1 Å². The topological polar surface area (TPSA) is 94.2 Å². The summed E-state index contributed by atoms with van der Waals surface area (Å²) in [7, 11) is -3.21. The lowest BCUT2D eigenvalue weighted by molar-refractivity contribution is 0.476. The van der Waals surface area contributed by atoms with Crippen LogP contribution in [0.25, 0.3) is 10.9 Å². The maximum atomic E-state index is 12.9. The van der Waals surface area contributed by atoms with Gasteiger partial charge in [0, 0.05) is 17.3 Å². The van der Waals surface area contributed by atoms with E-state index in [1.54, 1.807) is 41.2 Å². The summed E-state index contributed by atoms with van der Waals surface area (Å²) in [6.07, 6.45) is 3.27. The van der Waals surface area contributed by atoms with Gasteiger partial charge in [0.25, 0.3) is 5.56 Å². The Kier molecular flexibility index (Phi) is 6.25. The van der Waals surface area contributed by atoms with Crippen LogP contribution >= 0.6 is 23.4 Å². The molecule has 0 fully saturated rings. The summed E-state index contributed by atoms with van der Waals surface area (Å²) in [4.78, 5) is 17.5. The molecule has 0 aliphatic rings. The molecule has 0 radical (unpaired) electrons. The van der Waals surface area contributed by atoms with E-state index in [0.717, 1.165) is 6.26 Å². The minimum Gasteiger partial charge on any atom is -0.467 e. The van der Waals surface area contributed by atoms with Crippen molar-refractivity contribution in [3.63, 3.8) is 0 Å². The van der Waals surface area contributed by atoms with Gasteiger partial charge < -0.3 is 4.42 Å². The number of nitrogens with one attached hydrogen (secondary N) is 1. The van der Waals surface area contributed by atoms with Gasteiger partial charge >= 0.3 is 0 Å². The largest absolute Gasteiger partial charge is 0.467 e. The maximum Gasteiger partial charge on any atom is 0.262 e. The quantitative estimate of drug-likeness (QED) is 0.337. The van der Waals surface area contributed by atoms with E-state index < -0.39 is 10.0 Å². The van der Waals surface area contributed by atoms with Gasteiger partial charge in [0.15, 0.2) is 5.16 Å². The molecule has 0 saturated heterocycles. The number of hydrogen-bond donors (Lipinski definition) is 1. The Labute approximate surface area is 165 Å². The predicted molar refractivity (Wildman–Crippen MR) is 107 cm³/mol. The molecule has 27 heavy (non-hydrogen) atoms. The maximum absolute atomic E-state index is 12.9. The van der Waals surface area contributed by atoms with Crippen molar-refractivity contribution in [3.05, 3.63) is 57.7 Å². The Bertz CT molecular complexity index is 1100. The average Bonchev–Trinajstić information content (AvgIpc) is 3.09. The monoisotopic (exact) mass is 427 g/mol. The van der Waals surface area contributed by atoms with Crippen LogP contribution in [-0.4, -0.2) is 36.5 Å². The summed E-state index contributed by atoms with van der Waals surface area (Å²) in [5.74, 6) is 1.24. The first-order valence-electron chi connectivity index (χ1n) is 8.13. The van der Waals surface area contributed by atoms with Crippen LogP contribution in [0.5, 0.6) is 0 Å². The third kappa shape index (κ3) is 5.35. The predicted octanol–water partition coefficient (Wildman–Crippen LogP) is 2.72. The second-order valence-electron chi connectivity index (χ2n) is 5.90. The molecule has 144 valence electrons. The van der Waals surface area contributed by atoms with E-state index in [1.165, 1.54) is 11.8 Å². The molecule has 10 heteroatoms. The van der Waals surface area contributed by atoms with E-state index in [2.05, 4.69) is 9.71 Å². The van der Waals surface area contributed by atoms with Gasteiger partial charge in [-0.05, 0) is 36.8 Å². The Balaban J connectivity index is 1.87. The molecule has 0 aliphatic carbocycles. The molecule has 0 spiro atoms. The standard InChI is InChI=1S/C17H18ClN3O4S2/c1-27(23,24)19-7-3-9-26-17-20-15-10-12(18)5-6-14(15)16(22)21(17)11-13-4-2-8-25-13/h2,4-6,8,10,19H,3,7,9,11H2,1H3. The zero-order valence-electron chi connectivity index (χ0n) is 14.5. The fraction of sp³-hybridized carbons (Fsp3) is 0.294. The molecule has 2 aromatic heterocycles. The van der Waals surface area contributed by atoms with Gasteiger partial charge in [-0.15, -0.1) is 0 Å². The van der Waals surface area contributed by atoms with Gasteiger partial charge in [0.05, 0.1) is 30.0 Å². The minimum absolute atomic E-state index is 0.176. The van der Waals surface area contributed by atoms with Gasteiger partial charge in [-0.1, -0.05) is 23.4 Å². The summed E-state index contributed by atoms with van der Waals surface area (Å²) in [6.45, 7) is 0.592. The summed E-state index contributed by atoms with van der Waals surface area (Å²) in [6, 6.07) is 8.54. The lowest BCUT2D eigenvalue weighted by atomic mass is 10.2. The average molecular weight is 428 g/mol. The van der Waals surface area contributed by atoms with E-state index in [-0.39, 0.29) is 12.1 Å². The van der Waals surface area contributed by atoms with Gasteiger partial charge in [0.1, 0.15) is 5.76 Å². The molecule has 2 heterocycles. The van der Waals surface area contributed by atoms with Crippen molar-refractivity contribution in [3.8, 4) is 0 Å². The lowest BCUT2D eigenvalue weighted by Gasteiger charge is -2.12. The number of nitrogens with zero attached hydrogens (tertiary/aromatic N) is 2. The highest BCUT2D eigenvalue weighted by Crippen LogP contribution is 2.21. The molecule has 1 aromatic carbocycles. The fourth-order valence-electron chi connectivity index (χ4n) is 2.48. The third-order valence-electron chi connectivity index (χ3n) is 3.69. The van der Waals surface area contributed by atoms with Crippen molar-refractivity contribution in [2.75, 3.05) is 18.6 Å². The van der Waals surface area contributed by atoms with Crippen LogP contribution in [0.4, 0.5) is 0 Å². The molecule has 0 saturated carbocycles. The van der Waals surface area contributed by atoms with Crippen LogP contribution in [0.1, 0.15) is 12.2 Å². The van der Waals surface area contributed by atoms with E-state index in [9.17, 15) is 13.2 Å². The highest BCUT2D eigenvalue weighted by Gasteiger charge is 2.13. The minimum atomic E-state index is -3.21. The van der Waals surface area contributed by atoms with E-state index in [1.807, 2.05) is 0 Å². The lowest BCUT2D eigenvalue weighted by Crippen LogP contribution is -2.25. The van der Waals surface area contributed by atoms with Crippen molar-refractivity contribution in [1.82, 2.24) is 14.3 Å². The van der Waals surface area contributed by atoms with Crippen LogP contribution < -0.4 is 10.3 Å². The van der Waals surface area contributed by atoms with Crippen LogP contribution in [0.2, 0.25) is 5.02 Å². The Morgan fingerprint density at radius 1 is 1.33 bits per heavy atom. The summed E-state index contributed by atoms with van der Waals surface area (Å²) >= 11 is 7.42. The zero-order chi connectivity index (χ0) is 19.4. The normalized spacial score (nSPS) is 11.9. The van der Waals surface area contributed by atoms with E-state index in [0.29, 0.717) is 45.6 Å². The second kappa shape index (κ2) is 8.47. The first kappa shape index (κ1) is 19.9. The number of fused-ring (bicyclic) bond motifs is 1. The summed E-state index contributed by atoms with van der Waals surface area (Å²) in [5.41, 5.74) is 0.352. The van der Waals surface area contributed by atoms with Gasteiger partial charge in [-0.2, -0.15) is 0 Å². The molecule has 0 atom stereocenters. The fourth-order valence-corrected chi connectivity index (χ4v) is 4.09. The molecular weight excluding hydrogens is 410 g/mol. The first-order chi connectivity index (χ1) is 12.8. The molecule has 0 unspecified atom stereocenters. The Morgan fingerprint density at radius 2 is 2.15 bits per heavy atom. The summed E-state index contributed by atoms with van der Waals surface area (Å²) < 4.78 is 31.6. The number of aromatic nitrogens is 2. The Hall–Kier alpha value is -1.81. The molecular formula is C17H18ClN3O4S2. The van der Waals surface area contributed by atoms with Gasteiger partial charge in [0.2, 0.25) is 10.0 Å². The smallest absolute Gasteiger partial charge is 0.262 e. The molecule has 0 amide bonds. The number of benzene rings is 1. The molecule has 1 N–H and O–H groups in total. The van der Waals surface area contributed by atoms with E-state index in [4.69, 9.17) is 16.0 Å². The molecule has 3 rings (SSSR count).